The van der Waals surface area contributed by atoms with E-state index in [0.717, 1.165) is 11.8 Å². The number of hydrogen-bond donors (Lipinski definition) is 1. The molecular formula is C15H24N2. The summed E-state index contributed by atoms with van der Waals surface area (Å²) in [5.74, 6) is 1.57. The maximum Gasteiger partial charge on any atom is 0.0412 e. The molecule has 2 heteroatoms. The summed E-state index contributed by atoms with van der Waals surface area (Å²) in [6.45, 7) is 9.79. The van der Waals surface area contributed by atoms with Gasteiger partial charge in [-0.2, -0.15) is 0 Å². The molecule has 1 saturated heterocycles. The largest absolute Gasteiger partial charge is 0.371 e. The van der Waals surface area contributed by atoms with Crippen LogP contribution in [0.25, 0.3) is 0 Å². The molecule has 0 amide bonds. The predicted molar refractivity (Wildman–Crippen MR) is 74.2 cm³/mol. The van der Waals surface area contributed by atoms with Gasteiger partial charge in [-0.05, 0) is 36.8 Å². The fourth-order valence-electron chi connectivity index (χ4n) is 3.05. The van der Waals surface area contributed by atoms with Crippen molar-refractivity contribution in [3.8, 4) is 0 Å². The van der Waals surface area contributed by atoms with Gasteiger partial charge in [-0.3, -0.25) is 0 Å². The summed E-state index contributed by atoms with van der Waals surface area (Å²) in [6.07, 6.45) is 1.35. The molecule has 0 bridgehead atoms. The maximum absolute atomic E-state index is 5.87. The average molecular weight is 232 g/mol. The molecule has 0 aliphatic carbocycles. The minimum Gasteiger partial charge on any atom is -0.371 e. The van der Waals surface area contributed by atoms with E-state index in [-0.39, 0.29) is 0 Å². The molecule has 0 saturated carbocycles. The van der Waals surface area contributed by atoms with Gasteiger partial charge in [0, 0.05) is 25.3 Å². The summed E-state index contributed by atoms with van der Waals surface area (Å²) in [7, 11) is 0. The minimum atomic E-state index is 0.635. The van der Waals surface area contributed by atoms with Gasteiger partial charge in [0.05, 0.1) is 0 Å². The van der Waals surface area contributed by atoms with Crippen molar-refractivity contribution in [2.24, 2.45) is 17.6 Å². The Balaban J connectivity index is 2.26. The van der Waals surface area contributed by atoms with E-state index in [9.17, 15) is 0 Å². The lowest BCUT2D eigenvalue weighted by atomic mass is 9.91. The molecule has 94 valence electrons. The number of rotatable bonds is 2. The molecule has 1 aliphatic heterocycles. The first-order valence-corrected chi connectivity index (χ1v) is 6.64. The van der Waals surface area contributed by atoms with Crippen LogP contribution in [0.15, 0.2) is 18.2 Å². The molecule has 1 aromatic rings. The lowest BCUT2D eigenvalue weighted by molar-refractivity contribution is 0.356. The Morgan fingerprint density at radius 3 is 2.47 bits per heavy atom. The minimum absolute atomic E-state index is 0.635. The van der Waals surface area contributed by atoms with E-state index < -0.39 is 0 Å². The first-order valence-electron chi connectivity index (χ1n) is 6.64. The number of piperidine rings is 1. The molecule has 0 spiro atoms. The van der Waals surface area contributed by atoms with Gasteiger partial charge in [0.1, 0.15) is 0 Å². The molecule has 2 N–H and O–H groups in total. The van der Waals surface area contributed by atoms with E-state index in [1.807, 2.05) is 0 Å². The fourth-order valence-corrected chi connectivity index (χ4v) is 3.05. The van der Waals surface area contributed by atoms with Gasteiger partial charge < -0.3 is 10.6 Å². The Labute approximate surface area is 105 Å². The number of hydrogen-bond acceptors (Lipinski definition) is 2. The summed E-state index contributed by atoms with van der Waals surface area (Å²) >= 11 is 0. The Morgan fingerprint density at radius 1 is 1.24 bits per heavy atom. The fraction of sp³-hybridized carbons (Fsp3) is 0.600. The molecule has 1 aromatic carbocycles. The van der Waals surface area contributed by atoms with Crippen LogP contribution in [-0.2, 0) is 6.54 Å². The van der Waals surface area contributed by atoms with E-state index in [4.69, 9.17) is 5.73 Å². The Bertz CT molecular complexity index is 377. The van der Waals surface area contributed by atoms with E-state index in [1.165, 1.54) is 36.3 Å². The molecule has 1 aliphatic rings. The lowest BCUT2D eigenvalue weighted by Crippen LogP contribution is -2.39. The van der Waals surface area contributed by atoms with E-state index in [0.29, 0.717) is 6.54 Å². The van der Waals surface area contributed by atoms with Crippen LogP contribution in [0.5, 0.6) is 0 Å². The number of nitrogens with two attached hydrogens (primary N) is 1. The SMILES string of the molecule is Cc1ccc(N2CC(C)CC(C)C2)c(CN)c1. The maximum atomic E-state index is 5.87. The summed E-state index contributed by atoms with van der Waals surface area (Å²) in [4.78, 5) is 2.51. The van der Waals surface area contributed by atoms with Crippen LogP contribution in [-0.4, -0.2) is 13.1 Å². The Kier molecular flexibility index (Phi) is 3.72. The van der Waals surface area contributed by atoms with Crippen LogP contribution >= 0.6 is 0 Å². The molecule has 2 unspecified atom stereocenters. The third kappa shape index (κ3) is 2.81. The highest BCUT2D eigenvalue weighted by atomic mass is 15.1. The zero-order valence-electron chi connectivity index (χ0n) is 11.2. The first-order chi connectivity index (χ1) is 8.10. The van der Waals surface area contributed by atoms with Crippen LogP contribution in [0.3, 0.4) is 0 Å². The van der Waals surface area contributed by atoms with Crippen molar-refractivity contribution in [1.82, 2.24) is 0 Å². The highest BCUT2D eigenvalue weighted by Crippen LogP contribution is 2.29. The molecule has 1 fully saturated rings. The topological polar surface area (TPSA) is 29.3 Å². The van der Waals surface area contributed by atoms with Gasteiger partial charge in [-0.25, -0.2) is 0 Å². The number of benzene rings is 1. The second kappa shape index (κ2) is 5.09. The molecule has 2 rings (SSSR count). The Morgan fingerprint density at radius 2 is 1.88 bits per heavy atom. The highest BCUT2D eigenvalue weighted by molar-refractivity contribution is 5.55. The van der Waals surface area contributed by atoms with Crippen LogP contribution < -0.4 is 10.6 Å². The molecular weight excluding hydrogens is 208 g/mol. The molecule has 2 nitrogen and oxygen atoms in total. The third-order valence-electron chi connectivity index (χ3n) is 3.66. The number of aryl methyl sites for hydroxylation is 1. The van der Waals surface area contributed by atoms with Crippen molar-refractivity contribution >= 4 is 5.69 Å². The lowest BCUT2D eigenvalue weighted by Gasteiger charge is -2.37. The van der Waals surface area contributed by atoms with Crippen molar-refractivity contribution in [3.63, 3.8) is 0 Å². The van der Waals surface area contributed by atoms with Crippen LogP contribution in [0, 0.1) is 18.8 Å². The molecule has 2 atom stereocenters. The quantitative estimate of drug-likeness (QED) is 0.849. The second-order valence-corrected chi connectivity index (χ2v) is 5.69. The first kappa shape index (κ1) is 12.4. The van der Waals surface area contributed by atoms with Crippen molar-refractivity contribution in [2.45, 2.75) is 33.7 Å². The van der Waals surface area contributed by atoms with E-state index in [1.54, 1.807) is 0 Å². The summed E-state index contributed by atoms with van der Waals surface area (Å²) in [5, 5.41) is 0. The van der Waals surface area contributed by atoms with Gasteiger partial charge in [-0.15, -0.1) is 0 Å². The van der Waals surface area contributed by atoms with Crippen molar-refractivity contribution < 1.29 is 0 Å². The zero-order chi connectivity index (χ0) is 12.4. The van der Waals surface area contributed by atoms with Gasteiger partial charge in [0.2, 0.25) is 0 Å². The van der Waals surface area contributed by atoms with E-state index >= 15 is 0 Å². The van der Waals surface area contributed by atoms with Crippen molar-refractivity contribution in [2.75, 3.05) is 18.0 Å². The monoisotopic (exact) mass is 232 g/mol. The third-order valence-corrected chi connectivity index (χ3v) is 3.66. The normalized spacial score (nSPS) is 25.1. The van der Waals surface area contributed by atoms with Gasteiger partial charge in [0.15, 0.2) is 0 Å². The molecule has 1 heterocycles. The van der Waals surface area contributed by atoms with Crippen LogP contribution in [0.4, 0.5) is 5.69 Å². The Hall–Kier alpha value is -1.02. The van der Waals surface area contributed by atoms with Gasteiger partial charge >= 0.3 is 0 Å². The zero-order valence-corrected chi connectivity index (χ0v) is 11.2. The summed E-state index contributed by atoms with van der Waals surface area (Å²) < 4.78 is 0. The van der Waals surface area contributed by atoms with Crippen LogP contribution in [0.2, 0.25) is 0 Å². The predicted octanol–water partition coefficient (Wildman–Crippen LogP) is 2.94. The highest BCUT2D eigenvalue weighted by Gasteiger charge is 2.23. The van der Waals surface area contributed by atoms with Gasteiger partial charge in [-0.1, -0.05) is 31.5 Å². The van der Waals surface area contributed by atoms with E-state index in [2.05, 4.69) is 43.9 Å². The van der Waals surface area contributed by atoms with Crippen molar-refractivity contribution in [1.29, 1.82) is 0 Å². The van der Waals surface area contributed by atoms with Gasteiger partial charge in [0.25, 0.3) is 0 Å². The number of nitrogens with zero attached hydrogens (tertiary/aromatic N) is 1. The van der Waals surface area contributed by atoms with Crippen LogP contribution in [0.1, 0.15) is 31.4 Å². The molecule has 17 heavy (non-hydrogen) atoms. The second-order valence-electron chi connectivity index (χ2n) is 5.69. The van der Waals surface area contributed by atoms with Crippen molar-refractivity contribution in [3.05, 3.63) is 29.3 Å². The molecule has 0 radical (unpaired) electrons. The standard InChI is InChI=1S/C15H24N2/c1-11-4-5-15(14(7-11)8-16)17-9-12(2)6-13(3)10-17/h4-5,7,12-13H,6,8-10,16H2,1-3H3. The molecule has 0 aromatic heterocycles. The number of anilines is 1. The summed E-state index contributed by atoms with van der Waals surface area (Å²) in [6, 6.07) is 6.65. The smallest absolute Gasteiger partial charge is 0.0412 e. The summed E-state index contributed by atoms with van der Waals surface area (Å²) in [5.41, 5.74) is 9.79. The average Bonchev–Trinajstić information content (AvgIpc) is 2.27.